The number of nitrogens with two attached hydrogens (primary N) is 1. The van der Waals surface area contributed by atoms with Crippen molar-refractivity contribution in [3.8, 4) is 0 Å². The third kappa shape index (κ3) is 4.90. The smallest absolute Gasteiger partial charge is 0.388 e. The third-order valence-electron chi connectivity index (χ3n) is 2.44. The first-order valence-electron chi connectivity index (χ1n) is 5.82. The van der Waals surface area contributed by atoms with Crippen LogP contribution >= 0.6 is 0 Å². The molecule has 4 N–H and O–H groups in total. The highest BCUT2D eigenvalue weighted by molar-refractivity contribution is 5.45. The molecule has 8 heteroatoms. The van der Waals surface area contributed by atoms with Gasteiger partial charge in [-0.25, -0.2) is 9.97 Å². The van der Waals surface area contributed by atoms with Gasteiger partial charge in [0, 0.05) is 12.6 Å². The highest BCUT2D eigenvalue weighted by Crippen LogP contribution is 2.27. The molecule has 0 aliphatic carbocycles. The summed E-state index contributed by atoms with van der Waals surface area (Å²) >= 11 is 0. The lowest BCUT2D eigenvalue weighted by atomic mass is 10.0. The van der Waals surface area contributed by atoms with Gasteiger partial charge in [-0.2, -0.15) is 13.2 Å². The zero-order valence-electron chi connectivity index (χ0n) is 10.8. The predicted molar refractivity (Wildman–Crippen MR) is 65.5 cm³/mol. The first-order valence-corrected chi connectivity index (χ1v) is 5.82. The number of halogens is 3. The Morgan fingerprint density at radius 3 is 2.53 bits per heavy atom. The molecule has 1 unspecified atom stereocenters. The molecule has 0 radical (unpaired) electrons. The van der Waals surface area contributed by atoms with Gasteiger partial charge in [-0.15, -0.1) is 0 Å². The molecule has 0 spiro atoms. The molecule has 5 nitrogen and oxygen atoms in total. The number of aliphatic hydroxyl groups is 1. The van der Waals surface area contributed by atoms with Crippen LogP contribution < -0.4 is 11.1 Å². The van der Waals surface area contributed by atoms with E-state index in [1.807, 2.05) is 6.92 Å². The van der Waals surface area contributed by atoms with Crippen molar-refractivity contribution in [1.29, 1.82) is 0 Å². The van der Waals surface area contributed by atoms with Gasteiger partial charge in [0.05, 0.1) is 5.60 Å². The standard InChI is InChI=1S/C11H17F3N4O/c1-3-4-10(2,19)6-16-8-5-7(15)17-9(18-8)11(12,13)14/h5,19H,3-4,6H2,1-2H3,(H3,15,16,17,18). The molecule has 1 aromatic heterocycles. The van der Waals surface area contributed by atoms with Crippen molar-refractivity contribution in [3.05, 3.63) is 11.9 Å². The number of aromatic nitrogens is 2. The number of nitrogen functional groups attached to an aromatic ring is 1. The molecule has 0 saturated carbocycles. The number of rotatable bonds is 5. The Morgan fingerprint density at radius 2 is 2.00 bits per heavy atom. The van der Waals surface area contributed by atoms with Crippen molar-refractivity contribution in [2.24, 2.45) is 0 Å². The molecule has 1 atom stereocenters. The number of alkyl halides is 3. The van der Waals surface area contributed by atoms with Crippen molar-refractivity contribution >= 4 is 11.6 Å². The largest absolute Gasteiger partial charge is 0.451 e. The second kappa shape index (κ2) is 5.60. The summed E-state index contributed by atoms with van der Waals surface area (Å²) in [7, 11) is 0. The molecule has 1 rings (SSSR count). The van der Waals surface area contributed by atoms with Crippen LogP contribution in [0.3, 0.4) is 0 Å². The molecule has 0 aliphatic rings. The maximum absolute atomic E-state index is 12.5. The van der Waals surface area contributed by atoms with Crippen LogP contribution in [0.4, 0.5) is 24.8 Å². The van der Waals surface area contributed by atoms with Gasteiger partial charge in [0.25, 0.3) is 0 Å². The lowest BCUT2D eigenvalue weighted by Crippen LogP contribution is -2.33. The zero-order chi connectivity index (χ0) is 14.7. The quantitative estimate of drug-likeness (QED) is 0.767. The van der Waals surface area contributed by atoms with Crippen LogP contribution in [0.2, 0.25) is 0 Å². The molecule has 0 amide bonds. The van der Waals surface area contributed by atoms with E-state index in [-0.39, 0.29) is 18.2 Å². The van der Waals surface area contributed by atoms with Gasteiger partial charge in [-0.05, 0) is 13.3 Å². The van der Waals surface area contributed by atoms with E-state index in [0.717, 1.165) is 6.42 Å². The number of anilines is 2. The van der Waals surface area contributed by atoms with Crippen LogP contribution in [-0.4, -0.2) is 27.2 Å². The highest BCUT2D eigenvalue weighted by atomic mass is 19.4. The van der Waals surface area contributed by atoms with Crippen molar-refractivity contribution < 1.29 is 18.3 Å². The Morgan fingerprint density at radius 1 is 1.37 bits per heavy atom. The molecule has 1 heterocycles. The Kier molecular flexibility index (Phi) is 4.56. The van der Waals surface area contributed by atoms with E-state index in [0.29, 0.717) is 6.42 Å². The summed E-state index contributed by atoms with van der Waals surface area (Å²) in [6.45, 7) is 3.58. The minimum absolute atomic E-state index is 0.0591. The summed E-state index contributed by atoms with van der Waals surface area (Å²) in [5.41, 5.74) is 4.28. The van der Waals surface area contributed by atoms with E-state index in [9.17, 15) is 18.3 Å². The molecule has 0 saturated heterocycles. The fourth-order valence-electron chi connectivity index (χ4n) is 1.59. The minimum Gasteiger partial charge on any atom is -0.388 e. The van der Waals surface area contributed by atoms with Gasteiger partial charge in [-0.1, -0.05) is 13.3 Å². The summed E-state index contributed by atoms with van der Waals surface area (Å²) in [6.07, 6.45) is -3.38. The summed E-state index contributed by atoms with van der Waals surface area (Å²) in [5.74, 6) is -1.64. The normalized spacial score (nSPS) is 15.1. The lowest BCUT2D eigenvalue weighted by Gasteiger charge is -2.23. The summed E-state index contributed by atoms with van der Waals surface area (Å²) in [4.78, 5) is 6.45. The second-order valence-electron chi connectivity index (χ2n) is 4.60. The molecular weight excluding hydrogens is 261 g/mol. The van der Waals surface area contributed by atoms with Crippen LogP contribution in [0.5, 0.6) is 0 Å². The van der Waals surface area contributed by atoms with Gasteiger partial charge < -0.3 is 16.2 Å². The van der Waals surface area contributed by atoms with E-state index in [2.05, 4.69) is 15.3 Å². The van der Waals surface area contributed by atoms with E-state index in [1.54, 1.807) is 6.92 Å². The molecular formula is C11H17F3N4O. The molecule has 0 aliphatic heterocycles. The molecule has 0 aromatic carbocycles. The highest BCUT2D eigenvalue weighted by Gasteiger charge is 2.35. The first kappa shape index (κ1) is 15.5. The average molecular weight is 278 g/mol. The van der Waals surface area contributed by atoms with Crippen molar-refractivity contribution in [3.63, 3.8) is 0 Å². The van der Waals surface area contributed by atoms with Gasteiger partial charge >= 0.3 is 6.18 Å². The maximum Gasteiger partial charge on any atom is 0.451 e. The van der Waals surface area contributed by atoms with Gasteiger partial charge in [-0.3, -0.25) is 0 Å². The topological polar surface area (TPSA) is 84.1 Å². The number of hydrogen-bond donors (Lipinski definition) is 3. The second-order valence-corrected chi connectivity index (χ2v) is 4.60. The summed E-state index contributed by atoms with van der Waals surface area (Å²) in [5, 5.41) is 12.6. The predicted octanol–water partition coefficient (Wildman–Crippen LogP) is 2.04. The van der Waals surface area contributed by atoms with Crippen LogP contribution in [-0.2, 0) is 6.18 Å². The maximum atomic E-state index is 12.5. The van der Waals surface area contributed by atoms with Crippen LogP contribution in [0.25, 0.3) is 0 Å². The Balaban J connectivity index is 2.82. The molecule has 1 aromatic rings. The Hall–Kier alpha value is -1.57. The fourth-order valence-corrected chi connectivity index (χ4v) is 1.59. The molecule has 0 bridgehead atoms. The number of nitrogens with one attached hydrogen (secondary N) is 1. The summed E-state index contributed by atoms with van der Waals surface area (Å²) in [6, 6.07) is 1.19. The van der Waals surface area contributed by atoms with E-state index in [1.165, 1.54) is 6.07 Å². The fraction of sp³-hybridized carbons (Fsp3) is 0.636. The van der Waals surface area contributed by atoms with Crippen molar-refractivity contribution in [1.82, 2.24) is 9.97 Å². The lowest BCUT2D eigenvalue weighted by molar-refractivity contribution is -0.144. The zero-order valence-corrected chi connectivity index (χ0v) is 10.8. The minimum atomic E-state index is -4.66. The summed E-state index contributed by atoms with van der Waals surface area (Å²) < 4.78 is 37.5. The molecule has 19 heavy (non-hydrogen) atoms. The molecule has 0 fully saturated rings. The van der Waals surface area contributed by atoms with Crippen molar-refractivity contribution in [2.75, 3.05) is 17.6 Å². The van der Waals surface area contributed by atoms with Gasteiger partial charge in [0.15, 0.2) is 0 Å². The van der Waals surface area contributed by atoms with E-state index < -0.39 is 17.6 Å². The Bertz CT molecular complexity index is 434. The van der Waals surface area contributed by atoms with Crippen LogP contribution in [0.15, 0.2) is 6.07 Å². The number of hydrogen-bond acceptors (Lipinski definition) is 5. The van der Waals surface area contributed by atoms with Crippen LogP contribution in [0.1, 0.15) is 32.5 Å². The SMILES string of the molecule is CCCC(C)(O)CNc1cc(N)nc(C(F)(F)F)n1. The van der Waals surface area contributed by atoms with Gasteiger partial charge in [0.1, 0.15) is 11.6 Å². The number of nitrogens with zero attached hydrogens (tertiary/aromatic N) is 2. The average Bonchev–Trinajstić information content (AvgIpc) is 2.24. The third-order valence-corrected chi connectivity index (χ3v) is 2.44. The Labute approximate surface area is 109 Å². The van der Waals surface area contributed by atoms with Crippen LogP contribution in [0, 0.1) is 0 Å². The van der Waals surface area contributed by atoms with E-state index >= 15 is 0 Å². The van der Waals surface area contributed by atoms with E-state index in [4.69, 9.17) is 5.73 Å². The van der Waals surface area contributed by atoms with Gasteiger partial charge in [0.2, 0.25) is 5.82 Å². The molecule has 108 valence electrons. The monoisotopic (exact) mass is 278 g/mol. The van der Waals surface area contributed by atoms with Crippen molar-refractivity contribution in [2.45, 2.75) is 38.5 Å². The first-order chi connectivity index (χ1) is 8.64.